The summed E-state index contributed by atoms with van der Waals surface area (Å²) in [6, 6.07) is 0. The van der Waals surface area contributed by atoms with E-state index in [0.29, 0.717) is 12.8 Å². The standard InChI is InChI=1S/C11H12INO5/c12-6-9-5-10(18-11(14)17-9)7-1-3-8(4-2-7)13(15)16/h1,3-4,7,9-10H,2,5-6H2/t7-,9+,10?/m0/s1. The van der Waals surface area contributed by atoms with Crippen molar-refractivity contribution in [1.29, 1.82) is 0 Å². The summed E-state index contributed by atoms with van der Waals surface area (Å²) in [5, 5.41) is 10.6. The van der Waals surface area contributed by atoms with Crippen molar-refractivity contribution in [1.82, 2.24) is 0 Å². The number of ether oxygens (including phenoxy) is 2. The van der Waals surface area contributed by atoms with Crippen LogP contribution in [0.15, 0.2) is 23.9 Å². The van der Waals surface area contributed by atoms with E-state index in [2.05, 4.69) is 22.6 Å². The highest BCUT2D eigenvalue weighted by atomic mass is 127. The van der Waals surface area contributed by atoms with Crippen LogP contribution in [-0.2, 0) is 9.47 Å². The van der Waals surface area contributed by atoms with Gasteiger partial charge >= 0.3 is 6.16 Å². The molecule has 3 atom stereocenters. The van der Waals surface area contributed by atoms with Crippen molar-refractivity contribution in [2.75, 3.05) is 4.43 Å². The van der Waals surface area contributed by atoms with E-state index in [4.69, 9.17) is 9.47 Å². The van der Waals surface area contributed by atoms with E-state index >= 15 is 0 Å². The monoisotopic (exact) mass is 365 g/mol. The normalized spacial score (nSPS) is 31.3. The summed E-state index contributed by atoms with van der Waals surface area (Å²) in [6.07, 6.45) is 4.88. The smallest absolute Gasteiger partial charge is 0.430 e. The number of carbonyl (C=O) groups excluding carboxylic acids is 1. The van der Waals surface area contributed by atoms with Crippen LogP contribution in [0.3, 0.4) is 0 Å². The Bertz CT molecular complexity index is 420. The van der Waals surface area contributed by atoms with Gasteiger partial charge in [-0.05, 0) is 12.5 Å². The Morgan fingerprint density at radius 1 is 1.50 bits per heavy atom. The highest BCUT2D eigenvalue weighted by molar-refractivity contribution is 14.1. The molecule has 7 heteroatoms. The number of nitro groups is 1. The molecule has 1 aliphatic heterocycles. The molecule has 1 unspecified atom stereocenters. The molecule has 1 saturated heterocycles. The number of cyclic esters (lactones) is 2. The molecule has 6 nitrogen and oxygen atoms in total. The number of alkyl halides is 1. The van der Waals surface area contributed by atoms with Gasteiger partial charge in [0.2, 0.25) is 0 Å². The van der Waals surface area contributed by atoms with Crippen LogP contribution < -0.4 is 0 Å². The average Bonchev–Trinajstić information content (AvgIpc) is 2.38. The van der Waals surface area contributed by atoms with Crippen LogP contribution >= 0.6 is 22.6 Å². The first-order valence-corrected chi connectivity index (χ1v) is 7.08. The molecule has 1 aliphatic carbocycles. The molecule has 0 spiro atoms. The number of hydrogen-bond acceptors (Lipinski definition) is 5. The van der Waals surface area contributed by atoms with E-state index in [1.807, 2.05) is 0 Å². The molecular weight excluding hydrogens is 353 g/mol. The van der Waals surface area contributed by atoms with E-state index in [0.717, 1.165) is 4.43 Å². The Balaban J connectivity index is 1.99. The van der Waals surface area contributed by atoms with E-state index in [-0.39, 0.29) is 23.8 Å². The third kappa shape index (κ3) is 3.01. The van der Waals surface area contributed by atoms with E-state index in [1.54, 1.807) is 12.2 Å². The molecule has 0 aromatic rings. The minimum atomic E-state index is -0.648. The maximum Gasteiger partial charge on any atom is 0.508 e. The van der Waals surface area contributed by atoms with Crippen molar-refractivity contribution in [3.8, 4) is 0 Å². The van der Waals surface area contributed by atoms with Crippen molar-refractivity contribution < 1.29 is 19.2 Å². The largest absolute Gasteiger partial charge is 0.508 e. The third-order valence-electron chi connectivity index (χ3n) is 2.98. The second-order valence-corrected chi connectivity index (χ2v) is 5.06. The van der Waals surface area contributed by atoms with Gasteiger partial charge in [0.15, 0.2) is 0 Å². The predicted molar refractivity (Wildman–Crippen MR) is 71.0 cm³/mol. The SMILES string of the molecule is O=C1OC([C@H]2C=CC([N+](=O)[O-])=CC2)C[C@H](CI)O1. The Kier molecular flexibility index (Phi) is 4.20. The Morgan fingerprint density at radius 2 is 2.28 bits per heavy atom. The highest BCUT2D eigenvalue weighted by Crippen LogP contribution is 2.28. The first-order valence-electron chi connectivity index (χ1n) is 5.56. The fourth-order valence-electron chi connectivity index (χ4n) is 2.04. The molecule has 1 heterocycles. The second-order valence-electron chi connectivity index (χ2n) is 4.18. The summed E-state index contributed by atoms with van der Waals surface area (Å²) < 4.78 is 10.9. The summed E-state index contributed by atoms with van der Waals surface area (Å²) in [5.74, 6) is -0.00741. The minimum Gasteiger partial charge on any atom is -0.430 e. The minimum absolute atomic E-state index is 0.00741. The average molecular weight is 365 g/mol. The fourth-order valence-corrected chi connectivity index (χ4v) is 2.58. The van der Waals surface area contributed by atoms with E-state index in [1.165, 1.54) is 6.08 Å². The second kappa shape index (κ2) is 5.68. The summed E-state index contributed by atoms with van der Waals surface area (Å²) >= 11 is 2.16. The van der Waals surface area contributed by atoms with Gasteiger partial charge in [0, 0.05) is 22.8 Å². The molecule has 18 heavy (non-hydrogen) atoms. The van der Waals surface area contributed by atoms with E-state index in [9.17, 15) is 14.9 Å². The van der Waals surface area contributed by atoms with Gasteiger partial charge in [-0.2, -0.15) is 0 Å². The van der Waals surface area contributed by atoms with Crippen molar-refractivity contribution >= 4 is 28.7 Å². The lowest BCUT2D eigenvalue weighted by atomic mass is 9.90. The third-order valence-corrected chi connectivity index (χ3v) is 3.96. The molecule has 0 aromatic carbocycles. The lowest BCUT2D eigenvalue weighted by molar-refractivity contribution is -0.419. The van der Waals surface area contributed by atoms with Gasteiger partial charge in [0.1, 0.15) is 12.2 Å². The van der Waals surface area contributed by atoms with E-state index < -0.39 is 11.1 Å². The molecule has 0 radical (unpaired) electrons. The Morgan fingerprint density at radius 3 is 2.83 bits per heavy atom. The Hall–Kier alpha value is -1.12. The van der Waals surface area contributed by atoms with Crippen molar-refractivity contribution in [3.05, 3.63) is 34.0 Å². The number of hydrogen-bond donors (Lipinski definition) is 0. The Labute approximate surface area is 117 Å². The maximum atomic E-state index is 11.3. The zero-order valence-corrected chi connectivity index (χ0v) is 11.6. The van der Waals surface area contributed by atoms with Gasteiger partial charge in [-0.3, -0.25) is 10.1 Å². The summed E-state index contributed by atoms with van der Waals surface area (Å²) in [6.45, 7) is 0. The van der Waals surface area contributed by atoms with Gasteiger partial charge in [0.05, 0.1) is 4.92 Å². The molecule has 0 bridgehead atoms. The molecule has 2 aliphatic rings. The van der Waals surface area contributed by atoms with Crippen molar-refractivity contribution in [2.45, 2.75) is 25.0 Å². The topological polar surface area (TPSA) is 78.7 Å². The molecule has 0 aromatic heterocycles. The van der Waals surface area contributed by atoms with Crippen LogP contribution in [0, 0.1) is 16.0 Å². The van der Waals surface area contributed by atoms with Crippen LogP contribution in [0.1, 0.15) is 12.8 Å². The van der Waals surface area contributed by atoms with Crippen molar-refractivity contribution in [2.24, 2.45) is 5.92 Å². The molecule has 0 saturated carbocycles. The van der Waals surface area contributed by atoms with Gasteiger partial charge in [-0.1, -0.05) is 28.7 Å². The number of rotatable bonds is 3. The van der Waals surface area contributed by atoms with Crippen LogP contribution in [0.4, 0.5) is 4.79 Å². The highest BCUT2D eigenvalue weighted by Gasteiger charge is 2.34. The van der Waals surface area contributed by atoms with Gasteiger partial charge in [-0.25, -0.2) is 4.79 Å². The van der Waals surface area contributed by atoms with Crippen molar-refractivity contribution in [3.63, 3.8) is 0 Å². The first-order chi connectivity index (χ1) is 8.60. The van der Waals surface area contributed by atoms with Crippen LogP contribution in [-0.4, -0.2) is 27.7 Å². The zero-order chi connectivity index (χ0) is 13.1. The lowest BCUT2D eigenvalue weighted by Crippen LogP contribution is -2.39. The number of nitrogens with zero attached hydrogens (tertiary/aromatic N) is 1. The summed E-state index contributed by atoms with van der Waals surface area (Å²) in [4.78, 5) is 21.4. The van der Waals surface area contributed by atoms with Gasteiger partial charge in [0.25, 0.3) is 5.70 Å². The fraction of sp³-hybridized carbons (Fsp3) is 0.545. The predicted octanol–water partition coefficient (Wildman–Crippen LogP) is 2.45. The van der Waals surface area contributed by atoms with Crippen LogP contribution in [0.5, 0.6) is 0 Å². The summed E-state index contributed by atoms with van der Waals surface area (Å²) in [7, 11) is 0. The quantitative estimate of drug-likeness (QED) is 0.252. The number of allylic oxidation sites excluding steroid dienone is 2. The zero-order valence-electron chi connectivity index (χ0n) is 9.45. The summed E-state index contributed by atoms with van der Waals surface area (Å²) in [5.41, 5.74) is 0.0927. The molecule has 1 fully saturated rings. The number of carbonyl (C=O) groups is 1. The number of halogens is 1. The van der Waals surface area contributed by atoms with Crippen LogP contribution in [0.2, 0.25) is 0 Å². The first kappa shape index (κ1) is 13.3. The molecule has 0 amide bonds. The lowest BCUT2D eigenvalue weighted by Gasteiger charge is -2.32. The molecule has 2 rings (SSSR count). The van der Waals surface area contributed by atoms with Gasteiger partial charge in [-0.15, -0.1) is 0 Å². The molecule has 0 N–H and O–H groups in total. The molecule has 98 valence electrons. The van der Waals surface area contributed by atoms with Gasteiger partial charge < -0.3 is 9.47 Å². The maximum absolute atomic E-state index is 11.3. The van der Waals surface area contributed by atoms with Crippen LogP contribution in [0.25, 0.3) is 0 Å². The molecular formula is C11H12INO5.